The van der Waals surface area contributed by atoms with Crippen molar-refractivity contribution < 1.29 is 0 Å². The summed E-state index contributed by atoms with van der Waals surface area (Å²) in [7, 11) is 0. The van der Waals surface area contributed by atoms with E-state index in [-0.39, 0.29) is 0 Å². The molecule has 0 bridgehead atoms. The highest BCUT2D eigenvalue weighted by Gasteiger charge is 1.97. The van der Waals surface area contributed by atoms with Crippen LogP contribution < -0.4 is 0 Å². The minimum absolute atomic E-state index is 0.859. The van der Waals surface area contributed by atoms with Crippen LogP contribution in [0.25, 0.3) is 0 Å². The van der Waals surface area contributed by atoms with Crippen molar-refractivity contribution in [3.63, 3.8) is 0 Å². The number of aliphatic imine (C=N–C) groups is 1. The molecule has 0 unspecified atom stereocenters. The van der Waals surface area contributed by atoms with Gasteiger partial charge in [0.2, 0.25) is 0 Å². The molecule has 0 amide bonds. The maximum atomic E-state index is 4.60. The first-order valence-electron chi connectivity index (χ1n) is 5.23. The molecule has 84 valence electrons. The molecule has 0 aliphatic heterocycles. The van der Waals surface area contributed by atoms with Crippen LogP contribution in [-0.2, 0) is 5.75 Å². The van der Waals surface area contributed by atoms with E-state index in [0.29, 0.717) is 0 Å². The summed E-state index contributed by atoms with van der Waals surface area (Å²) in [5.74, 6) is 0.964. The highest BCUT2D eigenvalue weighted by molar-refractivity contribution is 7.98. The third kappa shape index (κ3) is 3.82. The van der Waals surface area contributed by atoms with Gasteiger partial charge in [0.15, 0.2) is 0 Å². The van der Waals surface area contributed by atoms with E-state index >= 15 is 0 Å². The minimum atomic E-state index is 0.859. The number of thiocarbonyl (C=S) groups is 1. The molecule has 0 aliphatic carbocycles. The van der Waals surface area contributed by atoms with Crippen molar-refractivity contribution in [3.05, 3.63) is 60.2 Å². The lowest BCUT2D eigenvalue weighted by Gasteiger charge is -2.02. The van der Waals surface area contributed by atoms with E-state index in [0.717, 1.165) is 11.4 Å². The molecule has 17 heavy (non-hydrogen) atoms. The van der Waals surface area contributed by atoms with E-state index in [2.05, 4.69) is 52.7 Å². The molecule has 0 N–H and O–H groups in total. The van der Waals surface area contributed by atoms with Crippen LogP contribution in [0.3, 0.4) is 0 Å². The van der Waals surface area contributed by atoms with Crippen LogP contribution >= 0.6 is 24.0 Å². The third-order valence-corrected chi connectivity index (χ3v) is 3.40. The normalized spacial score (nSPS) is 9.65. The Kier molecular flexibility index (Phi) is 4.51. The summed E-state index contributed by atoms with van der Waals surface area (Å²) in [4.78, 5) is 5.17. The second kappa shape index (κ2) is 6.36. The summed E-state index contributed by atoms with van der Waals surface area (Å²) >= 11 is 6.39. The molecule has 2 aromatic rings. The molecule has 2 aromatic carbocycles. The number of rotatable bonds is 4. The van der Waals surface area contributed by atoms with Crippen molar-refractivity contribution in [1.29, 1.82) is 0 Å². The van der Waals surface area contributed by atoms with Gasteiger partial charge in [0, 0.05) is 10.6 Å². The Morgan fingerprint density at radius 2 is 1.88 bits per heavy atom. The summed E-state index contributed by atoms with van der Waals surface area (Å²) in [6, 6.07) is 18.4. The second-order valence-electron chi connectivity index (χ2n) is 3.47. The monoisotopic (exact) mass is 257 g/mol. The zero-order valence-corrected chi connectivity index (χ0v) is 10.8. The van der Waals surface area contributed by atoms with Crippen LogP contribution in [0.15, 0.2) is 64.5 Å². The molecule has 0 heterocycles. The van der Waals surface area contributed by atoms with E-state index in [1.165, 1.54) is 10.5 Å². The Bertz CT molecular complexity index is 531. The number of nitrogens with zero attached hydrogens (tertiary/aromatic N) is 1. The quantitative estimate of drug-likeness (QED) is 0.446. The molecule has 0 fully saturated rings. The van der Waals surface area contributed by atoms with Crippen LogP contribution in [0, 0.1) is 0 Å². The summed E-state index contributed by atoms with van der Waals surface area (Å²) in [5.41, 5.74) is 2.18. The molecule has 1 nitrogen and oxygen atoms in total. The predicted octanol–water partition coefficient (Wildman–Crippen LogP) is 4.71. The smallest absolute Gasteiger partial charge is 0.0750 e. The van der Waals surface area contributed by atoms with Gasteiger partial charge in [-0.1, -0.05) is 36.4 Å². The van der Waals surface area contributed by atoms with Gasteiger partial charge in [0.25, 0.3) is 0 Å². The van der Waals surface area contributed by atoms with E-state index in [9.17, 15) is 0 Å². The number of hydrogen-bond acceptors (Lipinski definition) is 3. The van der Waals surface area contributed by atoms with Crippen molar-refractivity contribution in [1.82, 2.24) is 0 Å². The van der Waals surface area contributed by atoms with Crippen LogP contribution in [0.5, 0.6) is 0 Å². The Hall–Kier alpha value is -1.41. The average Bonchev–Trinajstić information content (AvgIpc) is 2.39. The van der Waals surface area contributed by atoms with Gasteiger partial charge < -0.3 is 0 Å². The van der Waals surface area contributed by atoms with Crippen LogP contribution in [0.4, 0.5) is 5.69 Å². The van der Waals surface area contributed by atoms with Gasteiger partial charge in [-0.15, -0.1) is 11.8 Å². The first kappa shape index (κ1) is 12.1. The summed E-state index contributed by atoms with van der Waals surface area (Å²) < 4.78 is 0. The summed E-state index contributed by atoms with van der Waals surface area (Å²) in [6.07, 6.45) is 0. The molecular formula is C14H11NS2. The maximum Gasteiger partial charge on any atom is 0.0750 e. The predicted molar refractivity (Wildman–Crippen MR) is 77.1 cm³/mol. The lowest BCUT2D eigenvalue weighted by atomic mass is 10.2. The molecule has 0 saturated carbocycles. The number of isothiocyanates is 1. The van der Waals surface area contributed by atoms with Gasteiger partial charge in [0.05, 0.1) is 10.8 Å². The van der Waals surface area contributed by atoms with Gasteiger partial charge in [-0.3, -0.25) is 0 Å². The Morgan fingerprint density at radius 1 is 1.06 bits per heavy atom. The highest BCUT2D eigenvalue weighted by Crippen LogP contribution is 2.25. The molecule has 0 spiro atoms. The van der Waals surface area contributed by atoms with Gasteiger partial charge in [-0.05, 0) is 36.0 Å². The number of thioether (sulfide) groups is 1. The van der Waals surface area contributed by atoms with Crippen molar-refractivity contribution in [2.45, 2.75) is 10.6 Å². The fraction of sp³-hybridized carbons (Fsp3) is 0.0714. The molecule has 2 rings (SSSR count). The zero-order valence-electron chi connectivity index (χ0n) is 9.17. The molecule has 3 heteroatoms. The highest BCUT2D eigenvalue weighted by atomic mass is 32.2. The summed E-state index contributed by atoms with van der Waals surface area (Å²) in [5, 5.41) is 2.38. The fourth-order valence-corrected chi connectivity index (χ4v) is 2.45. The molecule has 0 saturated heterocycles. The standard InChI is InChI=1S/C14H11NS2/c16-11-15-13-7-4-8-14(9-13)17-10-12-5-2-1-3-6-12/h1-9H,10H2. The minimum Gasteiger partial charge on any atom is -0.195 e. The van der Waals surface area contributed by atoms with Crippen LogP contribution in [0.1, 0.15) is 5.56 Å². The fourth-order valence-electron chi connectivity index (χ4n) is 1.44. The number of benzene rings is 2. The van der Waals surface area contributed by atoms with Gasteiger partial charge in [-0.2, -0.15) is 4.99 Å². The molecule has 0 atom stereocenters. The first-order valence-corrected chi connectivity index (χ1v) is 6.62. The summed E-state index contributed by atoms with van der Waals surface area (Å²) in [6.45, 7) is 0. The Morgan fingerprint density at radius 3 is 2.65 bits per heavy atom. The van der Waals surface area contributed by atoms with E-state index in [1.807, 2.05) is 24.3 Å². The van der Waals surface area contributed by atoms with Crippen LogP contribution in [-0.4, -0.2) is 5.16 Å². The lowest BCUT2D eigenvalue weighted by Crippen LogP contribution is -1.78. The Labute approximate surface area is 111 Å². The molecular weight excluding hydrogens is 246 g/mol. The molecule has 0 aliphatic rings. The van der Waals surface area contributed by atoms with Crippen LogP contribution in [0.2, 0.25) is 0 Å². The van der Waals surface area contributed by atoms with Gasteiger partial charge in [0.1, 0.15) is 0 Å². The first-order chi connectivity index (χ1) is 8.38. The molecule has 0 radical (unpaired) electrons. The molecule has 0 aromatic heterocycles. The van der Waals surface area contributed by atoms with Crippen molar-refractivity contribution >= 4 is 34.8 Å². The van der Waals surface area contributed by atoms with Crippen molar-refractivity contribution in [3.8, 4) is 0 Å². The average molecular weight is 257 g/mol. The van der Waals surface area contributed by atoms with E-state index in [1.54, 1.807) is 11.8 Å². The van der Waals surface area contributed by atoms with Gasteiger partial charge >= 0.3 is 0 Å². The SMILES string of the molecule is S=C=Nc1cccc(SCc2ccccc2)c1. The Balaban J connectivity index is 2.04. The zero-order chi connectivity index (χ0) is 11.9. The van der Waals surface area contributed by atoms with Crippen molar-refractivity contribution in [2.24, 2.45) is 4.99 Å². The largest absolute Gasteiger partial charge is 0.195 e. The second-order valence-corrected chi connectivity index (χ2v) is 4.71. The lowest BCUT2D eigenvalue weighted by molar-refractivity contribution is 1.37. The number of hydrogen-bond donors (Lipinski definition) is 0. The van der Waals surface area contributed by atoms with Gasteiger partial charge in [-0.25, -0.2) is 0 Å². The van der Waals surface area contributed by atoms with E-state index < -0.39 is 0 Å². The topological polar surface area (TPSA) is 12.4 Å². The third-order valence-electron chi connectivity index (χ3n) is 2.24. The van der Waals surface area contributed by atoms with E-state index in [4.69, 9.17) is 0 Å². The maximum absolute atomic E-state index is 4.60. The van der Waals surface area contributed by atoms with Crippen molar-refractivity contribution in [2.75, 3.05) is 0 Å².